The van der Waals surface area contributed by atoms with Gasteiger partial charge in [0.1, 0.15) is 6.61 Å². The van der Waals surface area contributed by atoms with Crippen molar-refractivity contribution < 1.29 is 9.53 Å². The maximum atomic E-state index is 11.7. The number of hydrogen-bond donors (Lipinski definition) is 1. The Hall–Kier alpha value is -2.44. The van der Waals surface area contributed by atoms with E-state index in [-0.39, 0.29) is 6.61 Å². The normalized spacial score (nSPS) is 9.60. The molecule has 4 heteroatoms. The maximum absolute atomic E-state index is 11.7. The predicted octanol–water partition coefficient (Wildman–Crippen LogP) is 4.07. The molecule has 1 N–H and O–H groups in total. The molecule has 0 fully saturated rings. The van der Waals surface area contributed by atoms with Crippen molar-refractivity contribution in [1.29, 1.82) is 0 Å². The smallest absolute Gasteiger partial charge is 0.411 e. The third kappa shape index (κ3) is 3.78. The number of ether oxygens (including phenoxy) is 1. The molecule has 0 spiro atoms. The predicted molar refractivity (Wildman–Crippen MR) is 79.6 cm³/mol. The zero-order valence-electron chi connectivity index (χ0n) is 10.6. The fourth-order valence-corrected chi connectivity index (χ4v) is 1.76. The second-order valence-electron chi connectivity index (χ2n) is 4.03. The maximum Gasteiger partial charge on any atom is 0.411 e. The number of anilines is 1. The molecule has 0 aliphatic heterocycles. The molecule has 0 heterocycles. The van der Waals surface area contributed by atoms with E-state index in [0.717, 1.165) is 5.56 Å². The minimum atomic E-state index is -0.542. The van der Waals surface area contributed by atoms with Crippen molar-refractivity contribution in [3.05, 3.63) is 64.7 Å². The van der Waals surface area contributed by atoms with Crippen LogP contribution in [0.1, 0.15) is 11.1 Å². The van der Waals surface area contributed by atoms with Crippen LogP contribution in [0.4, 0.5) is 10.5 Å². The fraction of sp³-hybridized carbons (Fsp3) is 0.0625. The number of halogens is 1. The van der Waals surface area contributed by atoms with Crippen LogP contribution in [0.25, 0.3) is 0 Å². The van der Waals surface area contributed by atoms with Gasteiger partial charge in [0, 0.05) is 11.3 Å². The number of nitrogens with one attached hydrogen (secondary N) is 1. The quantitative estimate of drug-likeness (QED) is 0.863. The first-order chi connectivity index (χ1) is 9.69. The number of terminal acetylenes is 1. The minimum Gasteiger partial charge on any atom is -0.444 e. The molecule has 0 unspecified atom stereocenters. The molecule has 2 aromatic rings. The van der Waals surface area contributed by atoms with Crippen LogP contribution >= 0.6 is 11.6 Å². The van der Waals surface area contributed by atoms with E-state index in [2.05, 4.69) is 11.2 Å². The largest absolute Gasteiger partial charge is 0.444 e. The van der Waals surface area contributed by atoms with Gasteiger partial charge >= 0.3 is 6.09 Å². The highest BCUT2D eigenvalue weighted by Crippen LogP contribution is 2.19. The van der Waals surface area contributed by atoms with E-state index in [0.29, 0.717) is 16.3 Å². The van der Waals surface area contributed by atoms with Gasteiger partial charge in [0.25, 0.3) is 0 Å². The number of amides is 1. The van der Waals surface area contributed by atoms with Crippen molar-refractivity contribution in [2.45, 2.75) is 6.61 Å². The molecule has 2 aromatic carbocycles. The van der Waals surface area contributed by atoms with Gasteiger partial charge in [-0.1, -0.05) is 47.9 Å². The summed E-state index contributed by atoms with van der Waals surface area (Å²) < 4.78 is 5.10. The molecule has 1 amide bonds. The van der Waals surface area contributed by atoms with Crippen molar-refractivity contribution in [3.63, 3.8) is 0 Å². The third-order valence-electron chi connectivity index (χ3n) is 2.58. The van der Waals surface area contributed by atoms with Gasteiger partial charge in [-0.15, -0.1) is 6.42 Å². The summed E-state index contributed by atoms with van der Waals surface area (Å²) in [5.41, 5.74) is 1.98. The molecule has 0 saturated heterocycles. The Morgan fingerprint density at radius 2 is 2.00 bits per heavy atom. The second kappa shape index (κ2) is 6.65. The Balaban J connectivity index is 1.93. The highest BCUT2D eigenvalue weighted by Gasteiger charge is 2.05. The summed E-state index contributed by atoms with van der Waals surface area (Å²) in [6.45, 7) is 0.211. The van der Waals surface area contributed by atoms with Crippen LogP contribution in [0.5, 0.6) is 0 Å². The lowest BCUT2D eigenvalue weighted by molar-refractivity contribution is 0.155. The van der Waals surface area contributed by atoms with Gasteiger partial charge in [-0.25, -0.2) is 4.79 Å². The van der Waals surface area contributed by atoms with Crippen LogP contribution in [0.2, 0.25) is 5.02 Å². The second-order valence-corrected chi connectivity index (χ2v) is 4.43. The third-order valence-corrected chi connectivity index (χ3v) is 2.91. The molecule has 0 aromatic heterocycles. The highest BCUT2D eigenvalue weighted by molar-refractivity contribution is 6.31. The van der Waals surface area contributed by atoms with Gasteiger partial charge in [0.05, 0.1) is 5.02 Å². The van der Waals surface area contributed by atoms with E-state index in [1.807, 2.05) is 30.3 Å². The first-order valence-corrected chi connectivity index (χ1v) is 6.30. The summed E-state index contributed by atoms with van der Waals surface area (Å²) in [6, 6.07) is 14.3. The summed E-state index contributed by atoms with van der Waals surface area (Å²) in [4.78, 5) is 11.7. The lowest BCUT2D eigenvalue weighted by Crippen LogP contribution is -2.13. The Morgan fingerprint density at radius 3 is 2.70 bits per heavy atom. The monoisotopic (exact) mass is 285 g/mol. The van der Waals surface area contributed by atoms with Crippen LogP contribution < -0.4 is 5.32 Å². The van der Waals surface area contributed by atoms with E-state index in [4.69, 9.17) is 22.8 Å². The van der Waals surface area contributed by atoms with E-state index >= 15 is 0 Å². The standard InChI is InChI=1S/C16H12ClNO2/c1-2-13-10-14(8-9-15(13)17)18-16(19)20-11-12-6-4-3-5-7-12/h1,3-10H,11H2,(H,18,19). The number of carbonyl (C=O) groups excluding carboxylic acids is 1. The van der Waals surface area contributed by atoms with Crippen molar-refractivity contribution in [2.75, 3.05) is 5.32 Å². The average molecular weight is 286 g/mol. The topological polar surface area (TPSA) is 38.3 Å². The lowest BCUT2D eigenvalue weighted by atomic mass is 10.2. The lowest BCUT2D eigenvalue weighted by Gasteiger charge is -2.08. The van der Waals surface area contributed by atoms with E-state index in [1.54, 1.807) is 18.2 Å². The molecule has 0 aliphatic rings. The van der Waals surface area contributed by atoms with E-state index in [1.165, 1.54) is 0 Å². The summed E-state index contributed by atoms with van der Waals surface area (Å²) >= 11 is 5.89. The molecule has 0 radical (unpaired) electrons. The Morgan fingerprint density at radius 1 is 1.25 bits per heavy atom. The summed E-state index contributed by atoms with van der Waals surface area (Å²) in [5, 5.41) is 3.07. The van der Waals surface area contributed by atoms with E-state index in [9.17, 15) is 4.79 Å². The number of carbonyl (C=O) groups is 1. The summed E-state index contributed by atoms with van der Waals surface area (Å²) in [5.74, 6) is 2.44. The molecule has 100 valence electrons. The first kappa shape index (κ1) is 14.0. The number of hydrogen-bond acceptors (Lipinski definition) is 2. The molecule has 0 saturated carbocycles. The number of benzene rings is 2. The fourth-order valence-electron chi connectivity index (χ4n) is 1.59. The molecule has 0 atom stereocenters. The van der Waals surface area contributed by atoms with Crippen LogP contribution in [0.3, 0.4) is 0 Å². The SMILES string of the molecule is C#Cc1cc(NC(=O)OCc2ccccc2)ccc1Cl. The zero-order chi connectivity index (χ0) is 14.4. The highest BCUT2D eigenvalue weighted by atomic mass is 35.5. The van der Waals surface area contributed by atoms with Crippen molar-refractivity contribution in [1.82, 2.24) is 0 Å². The molecule has 3 nitrogen and oxygen atoms in total. The molecule has 20 heavy (non-hydrogen) atoms. The first-order valence-electron chi connectivity index (χ1n) is 5.93. The van der Waals surface area contributed by atoms with Gasteiger partial charge in [-0.3, -0.25) is 5.32 Å². The van der Waals surface area contributed by atoms with Gasteiger partial charge in [-0.2, -0.15) is 0 Å². The van der Waals surface area contributed by atoms with Crippen LogP contribution in [0, 0.1) is 12.3 Å². The van der Waals surface area contributed by atoms with Crippen LogP contribution in [0.15, 0.2) is 48.5 Å². The van der Waals surface area contributed by atoms with Crippen molar-refractivity contribution in [2.24, 2.45) is 0 Å². The zero-order valence-corrected chi connectivity index (χ0v) is 11.4. The average Bonchev–Trinajstić information content (AvgIpc) is 2.48. The van der Waals surface area contributed by atoms with Gasteiger partial charge in [-0.05, 0) is 23.8 Å². The Kier molecular flexibility index (Phi) is 4.65. The summed E-state index contributed by atoms with van der Waals surface area (Å²) in [7, 11) is 0. The Bertz CT molecular complexity index is 647. The van der Waals surface area contributed by atoms with Gasteiger partial charge in [0.2, 0.25) is 0 Å². The Labute approximate surface area is 122 Å². The van der Waals surface area contributed by atoms with E-state index < -0.39 is 6.09 Å². The van der Waals surface area contributed by atoms with Crippen LogP contribution in [-0.2, 0) is 11.3 Å². The van der Waals surface area contributed by atoms with Gasteiger partial charge in [0.15, 0.2) is 0 Å². The number of rotatable bonds is 3. The minimum absolute atomic E-state index is 0.211. The molecular weight excluding hydrogens is 274 g/mol. The van der Waals surface area contributed by atoms with Crippen molar-refractivity contribution in [3.8, 4) is 12.3 Å². The summed E-state index contributed by atoms with van der Waals surface area (Å²) in [6.07, 6.45) is 4.76. The molecule has 2 rings (SSSR count). The van der Waals surface area contributed by atoms with Crippen molar-refractivity contribution >= 4 is 23.4 Å². The molecule has 0 bridgehead atoms. The molecule has 0 aliphatic carbocycles. The molecular formula is C16H12ClNO2. The van der Waals surface area contributed by atoms with Gasteiger partial charge < -0.3 is 4.74 Å². The van der Waals surface area contributed by atoms with Crippen LogP contribution in [-0.4, -0.2) is 6.09 Å².